The minimum Gasteiger partial charge on any atom is -0.490 e. The summed E-state index contributed by atoms with van der Waals surface area (Å²) < 4.78 is 37.0. The van der Waals surface area contributed by atoms with Gasteiger partial charge in [-0.15, -0.1) is 0 Å². The van der Waals surface area contributed by atoms with Gasteiger partial charge in [-0.2, -0.15) is 4.36 Å². The number of nitrogens with two attached hydrogens (primary N) is 1. The average Bonchev–Trinajstić information content (AvgIpc) is 2.80. The van der Waals surface area contributed by atoms with E-state index in [0.29, 0.717) is 29.0 Å². The average molecular weight is 531 g/mol. The molecule has 1 aliphatic heterocycles. The van der Waals surface area contributed by atoms with Crippen molar-refractivity contribution in [3.05, 3.63) is 70.1 Å². The molecule has 1 atom stereocenters. The number of halogens is 2. The molecule has 190 valence electrons. The normalized spacial score (nSPS) is 16.4. The van der Waals surface area contributed by atoms with Gasteiger partial charge in [-0.25, -0.2) is 13.6 Å². The molecular weight excluding hydrogens is 503 g/mol. The monoisotopic (exact) mass is 530 g/mol. The van der Waals surface area contributed by atoms with Crippen molar-refractivity contribution in [2.24, 2.45) is 4.36 Å². The summed E-state index contributed by atoms with van der Waals surface area (Å²) in [4.78, 5) is 19.4. The van der Waals surface area contributed by atoms with Crippen molar-refractivity contribution in [2.45, 2.75) is 25.8 Å². The number of nitrogen functional groups attached to an aromatic ring is 1. The molecule has 1 aliphatic rings. The first-order valence-electron chi connectivity index (χ1n) is 11.4. The Morgan fingerprint density at radius 2 is 1.97 bits per heavy atom. The lowest BCUT2D eigenvalue weighted by atomic mass is 9.92. The van der Waals surface area contributed by atoms with Crippen molar-refractivity contribution in [3.8, 4) is 16.9 Å². The molecule has 36 heavy (non-hydrogen) atoms. The van der Waals surface area contributed by atoms with E-state index in [9.17, 15) is 13.4 Å². The van der Waals surface area contributed by atoms with Gasteiger partial charge >= 0.3 is 0 Å². The molecule has 1 amide bonds. The van der Waals surface area contributed by atoms with Crippen molar-refractivity contribution in [1.29, 1.82) is 0 Å². The zero-order valence-corrected chi connectivity index (χ0v) is 22.1. The summed E-state index contributed by atoms with van der Waals surface area (Å²) in [6, 6.07) is 9.89. The van der Waals surface area contributed by atoms with Crippen molar-refractivity contribution < 1.29 is 18.1 Å². The number of anilines is 1. The number of hydrogen-bond donors (Lipinski definition) is 1. The third-order valence-corrected chi connectivity index (χ3v) is 7.06. The zero-order valence-electron chi connectivity index (χ0n) is 20.5. The molecule has 0 unspecified atom stereocenters. The van der Waals surface area contributed by atoms with E-state index >= 15 is 0 Å². The third kappa shape index (κ3) is 5.47. The molecular formula is C26H28ClFN4O3S. The molecule has 0 radical (unpaired) electrons. The van der Waals surface area contributed by atoms with Gasteiger partial charge in [-0.05, 0) is 59.4 Å². The van der Waals surface area contributed by atoms with Crippen LogP contribution in [0.4, 0.5) is 15.9 Å². The van der Waals surface area contributed by atoms with E-state index in [1.807, 2.05) is 19.1 Å². The molecule has 10 heteroatoms. The molecule has 2 N–H and O–H groups in total. The summed E-state index contributed by atoms with van der Waals surface area (Å²) in [5.41, 5.74) is 9.70. The summed E-state index contributed by atoms with van der Waals surface area (Å²) in [6.45, 7) is 2.37. The maximum Gasteiger partial charge on any atom is 0.254 e. The van der Waals surface area contributed by atoms with Crippen LogP contribution in [0, 0.1) is 5.82 Å². The largest absolute Gasteiger partial charge is 0.490 e. The van der Waals surface area contributed by atoms with Gasteiger partial charge in [0.1, 0.15) is 5.82 Å². The molecule has 0 aliphatic carbocycles. The van der Waals surface area contributed by atoms with Crippen LogP contribution in [0.1, 0.15) is 40.7 Å². The lowest BCUT2D eigenvalue weighted by Gasteiger charge is -2.24. The highest BCUT2D eigenvalue weighted by Crippen LogP contribution is 2.36. The van der Waals surface area contributed by atoms with Gasteiger partial charge in [0.25, 0.3) is 5.91 Å². The van der Waals surface area contributed by atoms with E-state index in [2.05, 4.69) is 9.35 Å². The fourth-order valence-electron chi connectivity index (χ4n) is 4.26. The van der Waals surface area contributed by atoms with E-state index in [1.54, 1.807) is 42.8 Å². The van der Waals surface area contributed by atoms with E-state index in [-0.39, 0.29) is 35.8 Å². The van der Waals surface area contributed by atoms with Crippen LogP contribution in [-0.2, 0) is 16.3 Å². The highest BCUT2D eigenvalue weighted by molar-refractivity contribution is 7.92. The molecule has 0 saturated heterocycles. The van der Waals surface area contributed by atoms with Crippen LogP contribution in [0.25, 0.3) is 11.1 Å². The van der Waals surface area contributed by atoms with Crippen LogP contribution in [0.2, 0.25) is 5.02 Å². The van der Waals surface area contributed by atoms with E-state index < -0.39 is 15.5 Å². The van der Waals surface area contributed by atoms with Crippen LogP contribution in [0.3, 0.4) is 0 Å². The first kappa shape index (κ1) is 25.9. The maximum atomic E-state index is 14.4. The molecule has 3 aromatic rings. The minimum absolute atomic E-state index is 0.0635. The maximum absolute atomic E-state index is 14.4. The smallest absolute Gasteiger partial charge is 0.254 e. The number of aromatic nitrogens is 1. The second kappa shape index (κ2) is 10.1. The summed E-state index contributed by atoms with van der Waals surface area (Å²) in [5.74, 6) is -0.462. The van der Waals surface area contributed by atoms with Gasteiger partial charge in [0, 0.05) is 53.2 Å². The Balaban J connectivity index is 1.90. The molecule has 0 fully saturated rings. The molecule has 2 aromatic carbocycles. The number of pyridine rings is 1. The Labute approximate surface area is 215 Å². The molecule has 0 spiro atoms. The summed E-state index contributed by atoms with van der Waals surface area (Å²) >= 11 is 6.35. The predicted octanol–water partition coefficient (Wildman–Crippen LogP) is 5.64. The predicted molar refractivity (Wildman–Crippen MR) is 142 cm³/mol. The lowest BCUT2D eigenvalue weighted by Crippen LogP contribution is -2.28. The number of amides is 1. The Morgan fingerprint density at radius 1 is 1.22 bits per heavy atom. The summed E-state index contributed by atoms with van der Waals surface area (Å²) in [5, 5.41) is -0.0635. The number of ether oxygens (including phenoxy) is 1. The molecule has 2 heterocycles. The zero-order chi connectivity index (χ0) is 26.2. The van der Waals surface area contributed by atoms with Crippen LogP contribution in [0.5, 0.6) is 5.75 Å². The standard InChI is InChI=1S/C26H28ClFN4O3S/c1-15-9-10-35-22-11-17(13-30-25(22)29)20-12-18(31-36(3,4)34)6-5-16(20)14-32(2)26(33)19-7-8-21(28)24(27)23(15)19/h5-8,11-13,15H,9-10,14H2,1-4H3,(H2,29,30)/t15-/m0/s1. The Hall–Kier alpha value is -3.17. The van der Waals surface area contributed by atoms with Gasteiger partial charge in [-0.3, -0.25) is 4.79 Å². The van der Waals surface area contributed by atoms with Gasteiger partial charge in [0.05, 0.1) is 17.3 Å². The van der Waals surface area contributed by atoms with Crippen LogP contribution in [-0.4, -0.2) is 46.2 Å². The number of carbonyl (C=O) groups excluding carboxylic acids is 1. The van der Waals surface area contributed by atoms with Gasteiger partial charge in [-0.1, -0.05) is 24.6 Å². The van der Waals surface area contributed by atoms with Gasteiger partial charge < -0.3 is 15.4 Å². The minimum atomic E-state index is -2.39. The van der Waals surface area contributed by atoms with Gasteiger partial charge in [0.2, 0.25) is 0 Å². The van der Waals surface area contributed by atoms with Crippen molar-refractivity contribution in [2.75, 3.05) is 31.9 Å². The number of fused-ring (bicyclic) bond motifs is 5. The van der Waals surface area contributed by atoms with Crippen LogP contribution < -0.4 is 10.5 Å². The molecule has 0 saturated carbocycles. The van der Waals surface area contributed by atoms with Crippen LogP contribution >= 0.6 is 11.6 Å². The van der Waals surface area contributed by atoms with E-state index in [1.165, 1.54) is 12.1 Å². The summed E-state index contributed by atoms with van der Waals surface area (Å²) in [6.07, 6.45) is 5.23. The number of carbonyl (C=O) groups is 1. The quantitative estimate of drug-likeness (QED) is 0.439. The Kier molecular flexibility index (Phi) is 7.24. The highest BCUT2D eigenvalue weighted by Gasteiger charge is 2.25. The Bertz CT molecular complexity index is 1460. The molecule has 4 rings (SSSR count). The number of benzene rings is 2. The fourth-order valence-corrected chi connectivity index (χ4v) is 5.23. The topological polar surface area (TPSA) is 97.9 Å². The number of rotatable bonds is 1. The lowest BCUT2D eigenvalue weighted by molar-refractivity contribution is 0.0783. The van der Waals surface area contributed by atoms with E-state index in [0.717, 1.165) is 16.7 Å². The highest BCUT2D eigenvalue weighted by atomic mass is 35.5. The molecule has 2 bridgehead atoms. The molecule has 7 nitrogen and oxygen atoms in total. The SMILES string of the molecule is C[C@H]1CCOc2cc(cnc2N)-c2cc(N=S(C)(C)=O)ccc2CN(C)C(=O)c2ccc(F)c(Cl)c21. The number of nitrogens with zero attached hydrogens (tertiary/aromatic N) is 3. The molecule has 1 aromatic heterocycles. The van der Waals surface area contributed by atoms with E-state index in [4.69, 9.17) is 22.1 Å². The second-order valence-electron chi connectivity index (χ2n) is 9.24. The number of hydrogen-bond acceptors (Lipinski definition) is 6. The third-order valence-electron chi connectivity index (χ3n) is 6.03. The van der Waals surface area contributed by atoms with Crippen molar-refractivity contribution in [1.82, 2.24) is 9.88 Å². The van der Waals surface area contributed by atoms with Gasteiger partial charge in [0.15, 0.2) is 11.6 Å². The Morgan fingerprint density at radius 3 is 2.69 bits per heavy atom. The van der Waals surface area contributed by atoms with Crippen LogP contribution in [0.15, 0.2) is 47.0 Å². The first-order valence-corrected chi connectivity index (χ1v) is 14.1. The summed E-state index contributed by atoms with van der Waals surface area (Å²) in [7, 11) is -0.705. The van der Waals surface area contributed by atoms with Crippen molar-refractivity contribution in [3.63, 3.8) is 0 Å². The fraction of sp³-hybridized carbons (Fsp3) is 0.308. The van der Waals surface area contributed by atoms with Crippen molar-refractivity contribution >= 4 is 38.7 Å². The first-order chi connectivity index (χ1) is 16.9. The second-order valence-corrected chi connectivity index (χ2v) is 12.2.